The minimum absolute atomic E-state index is 0.187. The summed E-state index contributed by atoms with van der Waals surface area (Å²) >= 11 is 3.32. The van der Waals surface area contributed by atoms with Crippen molar-refractivity contribution in [2.45, 2.75) is 31.1 Å². The van der Waals surface area contributed by atoms with Crippen molar-refractivity contribution in [3.8, 4) is 11.5 Å². The maximum absolute atomic E-state index is 14.5. The molecule has 0 bridgehead atoms. The molecule has 0 saturated heterocycles. The molecule has 3 rings (SSSR count). The Kier molecular flexibility index (Phi) is 3.36. The SMILES string of the molecule is O=C(O)C1(c2c(F)cc3c(c2Br)OCCO3)CCCC1. The number of carboxylic acids is 1. The van der Waals surface area contributed by atoms with Crippen molar-refractivity contribution in [3.05, 3.63) is 21.9 Å². The van der Waals surface area contributed by atoms with Crippen LogP contribution in [-0.4, -0.2) is 24.3 Å². The van der Waals surface area contributed by atoms with Gasteiger partial charge in [-0.25, -0.2) is 4.39 Å². The lowest BCUT2D eigenvalue weighted by atomic mass is 9.78. The Hall–Kier alpha value is -1.30. The average molecular weight is 345 g/mol. The Balaban J connectivity index is 2.20. The predicted molar refractivity (Wildman–Crippen MR) is 72.9 cm³/mol. The second-order valence-electron chi connectivity index (χ2n) is 5.17. The maximum Gasteiger partial charge on any atom is 0.314 e. The van der Waals surface area contributed by atoms with Crippen LogP contribution in [0.25, 0.3) is 0 Å². The molecule has 0 amide bonds. The highest BCUT2D eigenvalue weighted by molar-refractivity contribution is 9.10. The van der Waals surface area contributed by atoms with Crippen LogP contribution in [-0.2, 0) is 10.2 Å². The van der Waals surface area contributed by atoms with Gasteiger partial charge in [-0.2, -0.15) is 0 Å². The van der Waals surface area contributed by atoms with E-state index in [1.165, 1.54) is 6.07 Å². The lowest BCUT2D eigenvalue weighted by molar-refractivity contribution is -0.143. The molecule has 0 radical (unpaired) electrons. The molecule has 2 aliphatic rings. The third-order valence-electron chi connectivity index (χ3n) is 4.07. The molecule has 6 heteroatoms. The molecule has 0 spiro atoms. The van der Waals surface area contributed by atoms with Crippen LogP contribution in [0.15, 0.2) is 10.5 Å². The lowest BCUT2D eigenvalue weighted by Crippen LogP contribution is -2.34. The number of carboxylic acid groups (broad SMARTS) is 1. The third-order valence-corrected chi connectivity index (χ3v) is 4.83. The van der Waals surface area contributed by atoms with Crippen LogP contribution in [0, 0.1) is 5.82 Å². The molecule has 1 aliphatic heterocycles. The summed E-state index contributed by atoms with van der Waals surface area (Å²) in [5.74, 6) is -0.806. The first-order valence-corrected chi connectivity index (χ1v) is 7.37. The number of fused-ring (bicyclic) bond motifs is 1. The van der Waals surface area contributed by atoms with E-state index in [1.807, 2.05) is 0 Å². The summed E-state index contributed by atoms with van der Waals surface area (Å²) < 4.78 is 25.7. The van der Waals surface area contributed by atoms with Crippen LogP contribution >= 0.6 is 15.9 Å². The van der Waals surface area contributed by atoms with E-state index in [9.17, 15) is 14.3 Å². The van der Waals surface area contributed by atoms with Crippen LogP contribution in [0.4, 0.5) is 4.39 Å². The molecule has 1 saturated carbocycles. The van der Waals surface area contributed by atoms with Gasteiger partial charge in [0.05, 0.1) is 9.89 Å². The number of aliphatic carboxylic acids is 1. The van der Waals surface area contributed by atoms with Crippen molar-refractivity contribution < 1.29 is 23.8 Å². The first kappa shape index (κ1) is 13.7. The Morgan fingerprint density at radius 2 is 1.95 bits per heavy atom. The van der Waals surface area contributed by atoms with Gasteiger partial charge in [-0.05, 0) is 28.8 Å². The number of benzene rings is 1. The van der Waals surface area contributed by atoms with Gasteiger partial charge in [0.25, 0.3) is 0 Å². The minimum Gasteiger partial charge on any atom is -0.486 e. The molecule has 1 aromatic rings. The van der Waals surface area contributed by atoms with E-state index in [2.05, 4.69) is 15.9 Å². The molecule has 1 aliphatic carbocycles. The van der Waals surface area contributed by atoms with Gasteiger partial charge < -0.3 is 14.6 Å². The van der Waals surface area contributed by atoms with Crippen molar-refractivity contribution in [3.63, 3.8) is 0 Å². The number of hydrogen-bond donors (Lipinski definition) is 1. The highest BCUT2D eigenvalue weighted by Crippen LogP contribution is 2.50. The highest BCUT2D eigenvalue weighted by atomic mass is 79.9. The largest absolute Gasteiger partial charge is 0.486 e. The molecule has 0 atom stereocenters. The summed E-state index contributed by atoms with van der Waals surface area (Å²) in [6.45, 7) is 0.735. The standard InChI is InChI=1S/C14H14BrFO4/c15-11-10(14(13(17)18)3-1-2-4-14)8(16)7-9-12(11)20-6-5-19-9/h7H,1-6H2,(H,17,18). The third kappa shape index (κ3) is 1.89. The average Bonchev–Trinajstić information content (AvgIpc) is 2.89. The van der Waals surface area contributed by atoms with Gasteiger partial charge in [0, 0.05) is 11.6 Å². The van der Waals surface area contributed by atoms with Crippen LogP contribution in [0.3, 0.4) is 0 Å². The van der Waals surface area contributed by atoms with Gasteiger partial charge in [-0.3, -0.25) is 4.79 Å². The number of carbonyl (C=O) groups is 1. The molecular formula is C14H14BrFO4. The molecule has 1 fully saturated rings. The van der Waals surface area contributed by atoms with Gasteiger partial charge >= 0.3 is 5.97 Å². The van der Waals surface area contributed by atoms with Crippen molar-refractivity contribution in [2.75, 3.05) is 13.2 Å². The highest BCUT2D eigenvalue weighted by Gasteiger charge is 2.47. The van der Waals surface area contributed by atoms with E-state index in [-0.39, 0.29) is 5.56 Å². The molecular weight excluding hydrogens is 331 g/mol. The van der Waals surface area contributed by atoms with Crippen molar-refractivity contribution in [2.24, 2.45) is 0 Å². The number of ether oxygens (including phenoxy) is 2. The topological polar surface area (TPSA) is 55.8 Å². The summed E-state index contributed by atoms with van der Waals surface area (Å²) in [4.78, 5) is 11.7. The summed E-state index contributed by atoms with van der Waals surface area (Å²) in [6, 6.07) is 1.23. The fourth-order valence-electron chi connectivity index (χ4n) is 3.10. The van der Waals surface area contributed by atoms with Crippen molar-refractivity contribution >= 4 is 21.9 Å². The van der Waals surface area contributed by atoms with Crippen molar-refractivity contribution in [1.29, 1.82) is 0 Å². The first-order chi connectivity index (χ1) is 9.56. The molecule has 1 heterocycles. The van der Waals surface area contributed by atoms with E-state index in [0.717, 1.165) is 12.8 Å². The Morgan fingerprint density at radius 3 is 2.60 bits per heavy atom. The molecule has 0 aromatic heterocycles. The second-order valence-corrected chi connectivity index (χ2v) is 5.96. The van der Waals surface area contributed by atoms with E-state index >= 15 is 0 Å². The maximum atomic E-state index is 14.5. The van der Waals surface area contributed by atoms with Crippen LogP contribution in [0.2, 0.25) is 0 Å². The van der Waals surface area contributed by atoms with Crippen LogP contribution in [0.1, 0.15) is 31.2 Å². The zero-order chi connectivity index (χ0) is 14.3. The normalized spacial score (nSPS) is 19.9. The molecule has 108 valence electrons. The summed E-state index contributed by atoms with van der Waals surface area (Å²) in [7, 11) is 0. The fraction of sp³-hybridized carbons (Fsp3) is 0.500. The van der Waals surface area contributed by atoms with E-state index < -0.39 is 17.2 Å². The smallest absolute Gasteiger partial charge is 0.314 e. The van der Waals surface area contributed by atoms with Crippen LogP contribution in [0.5, 0.6) is 11.5 Å². The van der Waals surface area contributed by atoms with Gasteiger partial charge in [0.1, 0.15) is 19.0 Å². The molecule has 0 unspecified atom stereocenters. The lowest BCUT2D eigenvalue weighted by Gasteiger charge is -2.29. The van der Waals surface area contributed by atoms with Gasteiger partial charge in [-0.1, -0.05) is 12.8 Å². The summed E-state index contributed by atoms with van der Waals surface area (Å²) in [5, 5.41) is 9.61. The van der Waals surface area contributed by atoms with E-state index in [0.29, 0.717) is 42.0 Å². The summed E-state index contributed by atoms with van der Waals surface area (Å²) in [6.07, 6.45) is 2.45. The van der Waals surface area contributed by atoms with Crippen LogP contribution < -0.4 is 9.47 Å². The number of rotatable bonds is 2. The predicted octanol–water partition coefficient (Wildman–Crippen LogP) is 3.26. The molecule has 1 N–H and O–H groups in total. The van der Waals surface area contributed by atoms with E-state index in [1.54, 1.807) is 0 Å². The van der Waals surface area contributed by atoms with Gasteiger partial charge in [0.15, 0.2) is 11.5 Å². The Labute approximate surface area is 124 Å². The van der Waals surface area contributed by atoms with Crippen molar-refractivity contribution in [1.82, 2.24) is 0 Å². The van der Waals surface area contributed by atoms with Gasteiger partial charge in [0.2, 0.25) is 0 Å². The fourth-order valence-corrected chi connectivity index (χ4v) is 3.98. The molecule has 1 aromatic carbocycles. The van der Waals surface area contributed by atoms with E-state index in [4.69, 9.17) is 9.47 Å². The quantitative estimate of drug-likeness (QED) is 0.894. The Morgan fingerprint density at radius 1 is 1.30 bits per heavy atom. The zero-order valence-electron chi connectivity index (χ0n) is 10.7. The Bertz CT molecular complexity index is 567. The minimum atomic E-state index is -1.17. The number of halogens is 2. The first-order valence-electron chi connectivity index (χ1n) is 6.58. The second kappa shape index (κ2) is 4.91. The summed E-state index contributed by atoms with van der Waals surface area (Å²) in [5.41, 5.74) is -0.981. The zero-order valence-corrected chi connectivity index (χ0v) is 12.3. The monoisotopic (exact) mass is 344 g/mol. The molecule has 20 heavy (non-hydrogen) atoms. The van der Waals surface area contributed by atoms with Gasteiger partial charge in [-0.15, -0.1) is 0 Å². The number of hydrogen-bond acceptors (Lipinski definition) is 3. The molecule has 4 nitrogen and oxygen atoms in total.